The molecule has 0 aliphatic carbocycles. The Kier molecular flexibility index (Phi) is 6.36. The van der Waals surface area contributed by atoms with Gasteiger partial charge in [-0.25, -0.2) is 4.79 Å². The van der Waals surface area contributed by atoms with E-state index in [2.05, 4.69) is 15.2 Å². The number of likely N-dealkylation sites (tertiary alicyclic amines) is 1. The van der Waals surface area contributed by atoms with Crippen molar-refractivity contribution in [3.63, 3.8) is 0 Å². The van der Waals surface area contributed by atoms with Gasteiger partial charge in [-0.3, -0.25) is 9.55 Å². The number of aromatic nitrogens is 2. The molecule has 8 heteroatoms. The molecule has 5 rings (SSSR count). The number of nitrogens with zero attached hydrogens (tertiary/aromatic N) is 3. The van der Waals surface area contributed by atoms with Gasteiger partial charge in [-0.05, 0) is 73.5 Å². The molecule has 1 saturated heterocycles. The lowest BCUT2D eigenvalue weighted by molar-refractivity contribution is 0.0949. The van der Waals surface area contributed by atoms with Crippen LogP contribution in [0.4, 0.5) is 0 Å². The number of aliphatic hydroxyl groups excluding tert-OH is 1. The maximum atomic E-state index is 11.7. The maximum Gasteiger partial charge on any atom is 0.419 e. The topological polar surface area (TPSA) is 92.8 Å². The first-order valence-corrected chi connectivity index (χ1v) is 11.7. The molecule has 2 aromatic carbocycles. The van der Waals surface area contributed by atoms with E-state index in [0.717, 1.165) is 65.8 Å². The Bertz CT molecular complexity index is 1350. The highest BCUT2D eigenvalue weighted by Gasteiger charge is 2.22. The lowest BCUT2D eigenvalue weighted by Gasteiger charge is -2.33. The molecule has 34 heavy (non-hydrogen) atoms. The minimum absolute atomic E-state index is 0.339. The number of β-amino-alcohol motifs (C(OH)–C–C–N with tert-alkyl or cyclic N) is 1. The van der Waals surface area contributed by atoms with Crippen LogP contribution in [0.5, 0.6) is 5.75 Å². The Hall–Kier alpha value is -3.20. The standard InChI is InChI=1S/C26H30N4O4/c1-29-23-6-3-17(13-25(23)34-26(29)32)15-28-18-8-11-30(12-9-18)16-24(31)20-7-10-27-22-5-4-19(33-2)14-21(20)22/h3-7,10,13-14,18,24,28,31H,8-9,11-12,15-16H2,1-2H3/t24-/m1/s1. The van der Waals surface area contributed by atoms with Crippen LogP contribution >= 0.6 is 0 Å². The largest absolute Gasteiger partial charge is 0.497 e. The molecule has 178 valence electrons. The first-order chi connectivity index (χ1) is 16.5. The third-order valence-corrected chi connectivity index (χ3v) is 6.81. The fourth-order valence-electron chi connectivity index (χ4n) is 4.78. The summed E-state index contributed by atoms with van der Waals surface area (Å²) >= 11 is 0. The number of methoxy groups -OCH3 is 1. The van der Waals surface area contributed by atoms with Crippen molar-refractivity contribution in [2.75, 3.05) is 26.7 Å². The van der Waals surface area contributed by atoms with Crippen LogP contribution < -0.4 is 15.8 Å². The number of fused-ring (bicyclic) bond motifs is 2. The highest BCUT2D eigenvalue weighted by molar-refractivity contribution is 5.83. The van der Waals surface area contributed by atoms with Gasteiger partial charge in [-0.1, -0.05) is 6.07 Å². The number of benzene rings is 2. The predicted molar refractivity (Wildman–Crippen MR) is 131 cm³/mol. The first kappa shape index (κ1) is 22.6. The normalized spacial score (nSPS) is 16.3. The number of nitrogens with one attached hydrogen (secondary N) is 1. The van der Waals surface area contributed by atoms with Gasteiger partial charge in [0.1, 0.15) is 5.75 Å². The second-order valence-electron chi connectivity index (χ2n) is 8.98. The first-order valence-electron chi connectivity index (χ1n) is 11.7. The van der Waals surface area contributed by atoms with Crippen LogP contribution in [0.1, 0.15) is 30.1 Å². The van der Waals surface area contributed by atoms with E-state index in [1.165, 1.54) is 4.57 Å². The molecule has 1 fully saturated rings. The number of oxazole rings is 1. The lowest BCUT2D eigenvalue weighted by Crippen LogP contribution is -2.43. The van der Waals surface area contributed by atoms with E-state index in [0.29, 0.717) is 18.2 Å². The fourth-order valence-corrected chi connectivity index (χ4v) is 4.78. The molecule has 1 atom stereocenters. The zero-order valence-corrected chi connectivity index (χ0v) is 19.5. The van der Waals surface area contributed by atoms with Gasteiger partial charge in [0.2, 0.25) is 0 Å². The second kappa shape index (κ2) is 9.58. The highest BCUT2D eigenvalue weighted by atomic mass is 16.5. The summed E-state index contributed by atoms with van der Waals surface area (Å²) < 4.78 is 12.2. The number of aliphatic hydroxyl groups is 1. The summed E-state index contributed by atoms with van der Waals surface area (Å²) in [5.41, 5.74) is 4.26. The van der Waals surface area contributed by atoms with Crippen LogP contribution in [0.3, 0.4) is 0 Å². The van der Waals surface area contributed by atoms with Gasteiger partial charge in [0.15, 0.2) is 5.58 Å². The van der Waals surface area contributed by atoms with Gasteiger partial charge in [-0.2, -0.15) is 0 Å². The third kappa shape index (κ3) is 4.57. The number of aryl methyl sites for hydroxylation is 1. The molecule has 8 nitrogen and oxygen atoms in total. The molecule has 0 spiro atoms. The van der Waals surface area contributed by atoms with Crippen LogP contribution in [0.15, 0.2) is 57.9 Å². The summed E-state index contributed by atoms with van der Waals surface area (Å²) in [6, 6.07) is 14.0. The molecule has 0 radical (unpaired) electrons. The molecule has 0 unspecified atom stereocenters. The molecule has 2 aromatic heterocycles. The van der Waals surface area contributed by atoms with Crippen molar-refractivity contribution >= 4 is 22.0 Å². The SMILES string of the molecule is COc1ccc2nccc([C@H](O)CN3CCC(NCc4ccc5c(c4)oc(=O)n5C)CC3)c2c1. The van der Waals surface area contributed by atoms with Gasteiger partial charge >= 0.3 is 5.76 Å². The van der Waals surface area contributed by atoms with Crippen molar-refractivity contribution in [2.45, 2.75) is 31.5 Å². The van der Waals surface area contributed by atoms with Crippen LogP contribution in [-0.2, 0) is 13.6 Å². The van der Waals surface area contributed by atoms with Crippen molar-refractivity contribution in [3.05, 3.63) is 70.3 Å². The number of piperidine rings is 1. The Labute approximate surface area is 197 Å². The Morgan fingerprint density at radius 1 is 1.21 bits per heavy atom. The molecule has 2 N–H and O–H groups in total. The van der Waals surface area contributed by atoms with Crippen molar-refractivity contribution in [2.24, 2.45) is 7.05 Å². The fraction of sp³-hybridized carbons (Fsp3) is 0.385. The summed E-state index contributed by atoms with van der Waals surface area (Å²) in [5, 5.41) is 15.6. The van der Waals surface area contributed by atoms with Crippen molar-refractivity contribution < 1.29 is 14.3 Å². The van der Waals surface area contributed by atoms with Crippen LogP contribution in [0.2, 0.25) is 0 Å². The number of ether oxygens (including phenoxy) is 1. The molecular weight excluding hydrogens is 432 g/mol. The average molecular weight is 463 g/mol. The molecule has 4 aromatic rings. The zero-order valence-electron chi connectivity index (χ0n) is 19.5. The Balaban J connectivity index is 1.16. The molecular formula is C26H30N4O4. The summed E-state index contributed by atoms with van der Waals surface area (Å²) in [5.74, 6) is 0.419. The number of hydrogen-bond acceptors (Lipinski definition) is 7. The average Bonchev–Trinajstić information content (AvgIpc) is 3.15. The smallest absolute Gasteiger partial charge is 0.419 e. The minimum Gasteiger partial charge on any atom is -0.497 e. The summed E-state index contributed by atoms with van der Waals surface area (Å²) in [7, 11) is 3.36. The van der Waals surface area contributed by atoms with Crippen molar-refractivity contribution in [3.8, 4) is 5.75 Å². The van der Waals surface area contributed by atoms with Crippen LogP contribution in [0.25, 0.3) is 22.0 Å². The van der Waals surface area contributed by atoms with Gasteiger partial charge in [0, 0.05) is 37.8 Å². The van der Waals surface area contributed by atoms with E-state index in [4.69, 9.17) is 9.15 Å². The molecule has 0 amide bonds. The molecule has 0 bridgehead atoms. The quantitative estimate of drug-likeness (QED) is 0.436. The van der Waals surface area contributed by atoms with Gasteiger partial charge in [-0.15, -0.1) is 0 Å². The van der Waals surface area contributed by atoms with E-state index < -0.39 is 6.10 Å². The summed E-state index contributed by atoms with van der Waals surface area (Å²) in [4.78, 5) is 18.4. The molecule has 3 heterocycles. The van der Waals surface area contributed by atoms with Gasteiger partial charge in [0.05, 0.1) is 24.2 Å². The Morgan fingerprint density at radius 2 is 2.03 bits per heavy atom. The highest BCUT2D eigenvalue weighted by Crippen LogP contribution is 2.28. The van der Waals surface area contributed by atoms with Crippen LogP contribution in [-0.4, -0.2) is 52.3 Å². The summed E-state index contributed by atoms with van der Waals surface area (Å²) in [6.07, 6.45) is 3.19. The lowest BCUT2D eigenvalue weighted by atomic mass is 10.0. The molecule has 1 aliphatic heterocycles. The minimum atomic E-state index is -0.589. The number of rotatable bonds is 7. The molecule has 0 saturated carbocycles. The predicted octanol–water partition coefficient (Wildman–Crippen LogP) is 2.98. The van der Waals surface area contributed by atoms with E-state index in [9.17, 15) is 9.90 Å². The zero-order chi connectivity index (χ0) is 23.7. The molecule has 1 aliphatic rings. The third-order valence-electron chi connectivity index (χ3n) is 6.81. The summed E-state index contributed by atoms with van der Waals surface area (Å²) in [6.45, 7) is 3.17. The monoisotopic (exact) mass is 462 g/mol. The van der Waals surface area contributed by atoms with Crippen molar-refractivity contribution in [1.82, 2.24) is 19.8 Å². The Morgan fingerprint density at radius 3 is 2.82 bits per heavy atom. The van der Waals surface area contributed by atoms with Gasteiger partial charge in [0.25, 0.3) is 0 Å². The maximum absolute atomic E-state index is 11.7. The van der Waals surface area contributed by atoms with E-state index in [-0.39, 0.29) is 5.76 Å². The van der Waals surface area contributed by atoms with Gasteiger partial charge < -0.3 is 24.5 Å². The van der Waals surface area contributed by atoms with Crippen LogP contribution in [0, 0.1) is 0 Å². The van der Waals surface area contributed by atoms with E-state index >= 15 is 0 Å². The number of pyridine rings is 1. The van der Waals surface area contributed by atoms with E-state index in [1.54, 1.807) is 20.4 Å². The number of hydrogen-bond donors (Lipinski definition) is 2. The van der Waals surface area contributed by atoms with Crippen molar-refractivity contribution in [1.29, 1.82) is 0 Å². The second-order valence-corrected chi connectivity index (χ2v) is 8.98. The van der Waals surface area contributed by atoms with E-state index in [1.807, 2.05) is 42.5 Å².